The van der Waals surface area contributed by atoms with Gasteiger partial charge in [-0.2, -0.15) is 0 Å². The molecule has 0 saturated carbocycles. The summed E-state index contributed by atoms with van der Waals surface area (Å²) in [5.41, 5.74) is 1.47. The Morgan fingerprint density at radius 3 is 2.95 bits per heavy atom. The zero-order valence-electron chi connectivity index (χ0n) is 9.97. The Balaban J connectivity index is 1.91. The number of para-hydroxylation sites is 1. The Hall–Kier alpha value is -2.54. The molecule has 0 unspecified atom stereocenters. The van der Waals surface area contributed by atoms with Crippen molar-refractivity contribution in [3.8, 4) is 11.6 Å². The first-order valence-electron chi connectivity index (χ1n) is 5.79. The molecule has 0 aliphatic rings. The minimum absolute atomic E-state index is 0.0693. The SMILES string of the molecule is OCCc1ccccc1Oc1ccc2nnnn2n1. The van der Waals surface area contributed by atoms with E-state index >= 15 is 0 Å². The zero-order chi connectivity index (χ0) is 13.1. The molecule has 0 saturated heterocycles. The minimum atomic E-state index is 0.0693. The molecule has 7 heteroatoms. The first-order chi connectivity index (χ1) is 9.36. The number of aliphatic hydroxyl groups excluding tert-OH is 1. The van der Waals surface area contributed by atoms with Crippen LogP contribution in [0, 0.1) is 0 Å². The van der Waals surface area contributed by atoms with Gasteiger partial charge in [-0.25, -0.2) is 0 Å². The van der Waals surface area contributed by atoms with Gasteiger partial charge in [-0.3, -0.25) is 0 Å². The van der Waals surface area contributed by atoms with Crippen molar-refractivity contribution in [2.45, 2.75) is 6.42 Å². The van der Waals surface area contributed by atoms with Gasteiger partial charge in [0.05, 0.1) is 0 Å². The molecule has 0 radical (unpaired) electrons. The van der Waals surface area contributed by atoms with E-state index in [1.807, 2.05) is 24.3 Å². The van der Waals surface area contributed by atoms with Crippen molar-refractivity contribution in [1.82, 2.24) is 25.3 Å². The Morgan fingerprint density at radius 2 is 2.05 bits per heavy atom. The zero-order valence-corrected chi connectivity index (χ0v) is 9.97. The summed E-state index contributed by atoms with van der Waals surface area (Å²) in [6.07, 6.45) is 0.531. The third kappa shape index (κ3) is 2.36. The van der Waals surface area contributed by atoms with Crippen LogP contribution in [0.1, 0.15) is 5.56 Å². The van der Waals surface area contributed by atoms with E-state index in [0.29, 0.717) is 23.7 Å². The average molecular weight is 257 g/mol. The van der Waals surface area contributed by atoms with Gasteiger partial charge in [0.1, 0.15) is 5.75 Å². The highest BCUT2D eigenvalue weighted by Gasteiger charge is 2.06. The number of aliphatic hydroxyl groups is 1. The maximum Gasteiger partial charge on any atom is 0.239 e. The van der Waals surface area contributed by atoms with E-state index < -0.39 is 0 Å². The van der Waals surface area contributed by atoms with Crippen LogP contribution in [0.5, 0.6) is 11.6 Å². The molecule has 0 atom stereocenters. The molecule has 3 rings (SSSR count). The highest BCUT2D eigenvalue weighted by molar-refractivity contribution is 5.38. The lowest BCUT2D eigenvalue weighted by atomic mass is 10.1. The van der Waals surface area contributed by atoms with Crippen LogP contribution in [-0.2, 0) is 6.42 Å². The number of hydrogen-bond donors (Lipinski definition) is 1. The lowest BCUT2D eigenvalue weighted by Gasteiger charge is -2.08. The van der Waals surface area contributed by atoms with Gasteiger partial charge in [-0.05, 0) is 34.5 Å². The van der Waals surface area contributed by atoms with Gasteiger partial charge in [-0.1, -0.05) is 18.2 Å². The molecule has 0 aliphatic carbocycles. The maximum atomic E-state index is 9.02. The van der Waals surface area contributed by atoms with Crippen molar-refractivity contribution in [3.63, 3.8) is 0 Å². The predicted molar refractivity (Wildman–Crippen MR) is 65.9 cm³/mol. The van der Waals surface area contributed by atoms with E-state index in [0.717, 1.165) is 5.56 Å². The average Bonchev–Trinajstić information content (AvgIpc) is 2.89. The largest absolute Gasteiger partial charge is 0.437 e. The quantitative estimate of drug-likeness (QED) is 0.745. The van der Waals surface area contributed by atoms with E-state index in [2.05, 4.69) is 20.6 Å². The molecule has 2 aromatic heterocycles. The monoisotopic (exact) mass is 257 g/mol. The van der Waals surface area contributed by atoms with Crippen LogP contribution in [0.4, 0.5) is 0 Å². The highest BCUT2D eigenvalue weighted by Crippen LogP contribution is 2.23. The predicted octanol–water partition coefficient (Wildman–Crippen LogP) is 0.846. The molecule has 0 fully saturated rings. The van der Waals surface area contributed by atoms with Crippen molar-refractivity contribution < 1.29 is 9.84 Å². The Morgan fingerprint density at radius 1 is 1.16 bits per heavy atom. The van der Waals surface area contributed by atoms with E-state index in [4.69, 9.17) is 9.84 Å². The molecule has 19 heavy (non-hydrogen) atoms. The summed E-state index contributed by atoms with van der Waals surface area (Å²) in [6, 6.07) is 10.9. The molecule has 0 aliphatic heterocycles. The van der Waals surface area contributed by atoms with Crippen LogP contribution in [0.3, 0.4) is 0 Å². The van der Waals surface area contributed by atoms with Crippen molar-refractivity contribution >= 4 is 5.65 Å². The number of benzene rings is 1. The van der Waals surface area contributed by atoms with Crippen molar-refractivity contribution in [3.05, 3.63) is 42.0 Å². The first kappa shape index (κ1) is 11.5. The third-order valence-corrected chi connectivity index (χ3v) is 2.61. The molecule has 96 valence electrons. The summed E-state index contributed by atoms with van der Waals surface area (Å²) >= 11 is 0. The lowest BCUT2D eigenvalue weighted by molar-refractivity contribution is 0.297. The standard InChI is InChI=1S/C12H11N5O2/c18-8-7-9-3-1-2-4-10(9)19-12-6-5-11-13-15-16-17(11)14-12/h1-6,18H,7-8H2. The smallest absolute Gasteiger partial charge is 0.239 e. The molecule has 2 heterocycles. The fourth-order valence-corrected chi connectivity index (χ4v) is 1.73. The summed E-state index contributed by atoms with van der Waals surface area (Å²) in [6.45, 7) is 0.0693. The molecule has 0 bridgehead atoms. The molecule has 1 aromatic carbocycles. The van der Waals surface area contributed by atoms with Gasteiger partial charge >= 0.3 is 0 Å². The van der Waals surface area contributed by atoms with Gasteiger partial charge < -0.3 is 9.84 Å². The Labute approximate surface area is 108 Å². The van der Waals surface area contributed by atoms with Crippen LogP contribution in [0.2, 0.25) is 0 Å². The summed E-state index contributed by atoms with van der Waals surface area (Å²) in [5.74, 6) is 1.06. The Kier molecular flexibility index (Phi) is 3.03. The van der Waals surface area contributed by atoms with Gasteiger partial charge in [0, 0.05) is 12.7 Å². The normalized spacial score (nSPS) is 10.8. The number of tetrazole rings is 1. The molecule has 0 spiro atoms. The fraction of sp³-hybridized carbons (Fsp3) is 0.167. The lowest BCUT2D eigenvalue weighted by Crippen LogP contribution is -1.99. The van der Waals surface area contributed by atoms with E-state index in [9.17, 15) is 0 Å². The Bertz CT molecular complexity index is 697. The van der Waals surface area contributed by atoms with Crippen molar-refractivity contribution in [2.75, 3.05) is 6.61 Å². The number of hydrogen-bond acceptors (Lipinski definition) is 6. The highest BCUT2D eigenvalue weighted by atomic mass is 16.5. The van der Waals surface area contributed by atoms with E-state index in [1.165, 1.54) is 4.63 Å². The number of rotatable bonds is 4. The maximum absolute atomic E-state index is 9.02. The molecule has 0 amide bonds. The molecular formula is C12H11N5O2. The molecule has 7 nitrogen and oxygen atoms in total. The molecule has 1 N–H and O–H groups in total. The second kappa shape index (κ2) is 4.99. The van der Waals surface area contributed by atoms with Crippen molar-refractivity contribution in [2.24, 2.45) is 0 Å². The number of fused-ring (bicyclic) bond motifs is 1. The number of nitrogens with zero attached hydrogens (tertiary/aromatic N) is 5. The van der Waals surface area contributed by atoms with Crippen LogP contribution < -0.4 is 4.74 Å². The van der Waals surface area contributed by atoms with Gasteiger partial charge in [0.2, 0.25) is 5.88 Å². The van der Waals surface area contributed by atoms with Crippen LogP contribution in [0.25, 0.3) is 5.65 Å². The van der Waals surface area contributed by atoms with Crippen LogP contribution in [0.15, 0.2) is 36.4 Å². The number of aromatic nitrogens is 5. The van der Waals surface area contributed by atoms with Gasteiger partial charge in [-0.15, -0.1) is 14.8 Å². The topological polar surface area (TPSA) is 85.4 Å². The summed E-state index contributed by atoms with van der Waals surface area (Å²) in [7, 11) is 0. The first-order valence-corrected chi connectivity index (χ1v) is 5.79. The summed E-state index contributed by atoms with van der Waals surface area (Å²) < 4.78 is 7.00. The van der Waals surface area contributed by atoms with E-state index in [-0.39, 0.29) is 6.61 Å². The second-order valence-electron chi connectivity index (χ2n) is 3.88. The van der Waals surface area contributed by atoms with E-state index in [1.54, 1.807) is 12.1 Å². The molecular weight excluding hydrogens is 246 g/mol. The van der Waals surface area contributed by atoms with Crippen LogP contribution in [-0.4, -0.2) is 37.0 Å². The third-order valence-electron chi connectivity index (χ3n) is 2.61. The van der Waals surface area contributed by atoms with Crippen LogP contribution >= 0.6 is 0 Å². The van der Waals surface area contributed by atoms with Gasteiger partial charge in [0.15, 0.2) is 5.65 Å². The second-order valence-corrected chi connectivity index (χ2v) is 3.88. The fourth-order valence-electron chi connectivity index (χ4n) is 1.73. The summed E-state index contributed by atoms with van der Waals surface area (Å²) in [4.78, 5) is 0. The summed E-state index contributed by atoms with van der Waals surface area (Å²) in [5, 5.41) is 24.1. The molecule has 3 aromatic rings. The van der Waals surface area contributed by atoms with Crippen molar-refractivity contribution in [1.29, 1.82) is 0 Å². The number of ether oxygens (including phenoxy) is 1. The van der Waals surface area contributed by atoms with Gasteiger partial charge in [0.25, 0.3) is 0 Å². The minimum Gasteiger partial charge on any atom is -0.437 e.